The zero-order valence-electron chi connectivity index (χ0n) is 15.7. The standard InChI is InChI=1S/C19H35N3O2.HI/c1-20-19(22-12-8-17-6-3-2-4-7-17)21-11-5-13-24-16-18-9-14-23-15-10-18;/h6,18H,2-5,7-16H2,1H3,(H2,20,21,22);1H. The summed E-state index contributed by atoms with van der Waals surface area (Å²) in [4.78, 5) is 4.28. The van der Waals surface area contributed by atoms with E-state index in [2.05, 4.69) is 21.7 Å². The van der Waals surface area contributed by atoms with Gasteiger partial charge in [0.05, 0.1) is 0 Å². The lowest BCUT2D eigenvalue weighted by molar-refractivity contribution is 0.0203. The van der Waals surface area contributed by atoms with Crippen LogP contribution in [-0.2, 0) is 9.47 Å². The maximum Gasteiger partial charge on any atom is 0.190 e. The zero-order valence-corrected chi connectivity index (χ0v) is 18.1. The molecule has 0 atom stereocenters. The largest absolute Gasteiger partial charge is 0.381 e. The van der Waals surface area contributed by atoms with Gasteiger partial charge in [0.2, 0.25) is 0 Å². The van der Waals surface area contributed by atoms with Gasteiger partial charge < -0.3 is 20.1 Å². The number of rotatable bonds is 9. The van der Waals surface area contributed by atoms with Crippen LogP contribution in [0.5, 0.6) is 0 Å². The first-order valence-electron chi connectivity index (χ1n) is 9.66. The third-order valence-electron chi connectivity index (χ3n) is 4.80. The van der Waals surface area contributed by atoms with E-state index >= 15 is 0 Å². The lowest BCUT2D eigenvalue weighted by atomic mass is 9.97. The highest BCUT2D eigenvalue weighted by Gasteiger charge is 2.13. The van der Waals surface area contributed by atoms with Gasteiger partial charge in [0.25, 0.3) is 0 Å². The maximum absolute atomic E-state index is 5.79. The Bertz CT molecular complexity index is 396. The molecule has 5 nitrogen and oxygen atoms in total. The Labute approximate surface area is 170 Å². The smallest absolute Gasteiger partial charge is 0.190 e. The minimum atomic E-state index is 0. The van der Waals surface area contributed by atoms with Crippen molar-refractivity contribution in [2.45, 2.75) is 51.4 Å². The fourth-order valence-electron chi connectivity index (χ4n) is 3.24. The molecule has 0 amide bonds. The van der Waals surface area contributed by atoms with Crippen molar-refractivity contribution in [3.05, 3.63) is 11.6 Å². The highest BCUT2D eigenvalue weighted by atomic mass is 127. The van der Waals surface area contributed by atoms with Gasteiger partial charge in [-0.1, -0.05) is 11.6 Å². The Kier molecular flexibility index (Phi) is 13.4. The third kappa shape index (κ3) is 10.4. The fraction of sp³-hybridized carbons (Fsp3) is 0.842. The first kappa shape index (κ1) is 22.7. The van der Waals surface area contributed by atoms with Crippen LogP contribution in [0.15, 0.2) is 16.6 Å². The van der Waals surface area contributed by atoms with E-state index in [4.69, 9.17) is 9.47 Å². The molecule has 0 unspecified atom stereocenters. The van der Waals surface area contributed by atoms with Crippen LogP contribution >= 0.6 is 24.0 Å². The molecule has 1 aliphatic heterocycles. The summed E-state index contributed by atoms with van der Waals surface area (Å²) in [5, 5.41) is 6.77. The average Bonchev–Trinajstić information content (AvgIpc) is 2.64. The maximum atomic E-state index is 5.79. The first-order chi connectivity index (χ1) is 11.9. The number of nitrogens with zero attached hydrogens (tertiary/aromatic N) is 1. The number of guanidine groups is 1. The minimum absolute atomic E-state index is 0. The third-order valence-corrected chi connectivity index (χ3v) is 4.80. The minimum Gasteiger partial charge on any atom is -0.381 e. The average molecular weight is 465 g/mol. The van der Waals surface area contributed by atoms with Gasteiger partial charge in [0.15, 0.2) is 5.96 Å². The quantitative estimate of drug-likeness (QED) is 0.180. The molecule has 0 aromatic rings. The molecule has 2 rings (SSSR count). The van der Waals surface area contributed by atoms with Gasteiger partial charge >= 0.3 is 0 Å². The number of nitrogens with one attached hydrogen (secondary N) is 2. The molecule has 1 aliphatic carbocycles. The second-order valence-corrected chi connectivity index (χ2v) is 6.77. The van der Waals surface area contributed by atoms with Crippen molar-refractivity contribution in [1.29, 1.82) is 0 Å². The fourth-order valence-corrected chi connectivity index (χ4v) is 3.24. The normalized spacial score (nSPS) is 19.1. The van der Waals surface area contributed by atoms with E-state index in [1.165, 1.54) is 25.7 Å². The van der Waals surface area contributed by atoms with Crippen LogP contribution in [0.4, 0.5) is 0 Å². The monoisotopic (exact) mass is 465 g/mol. The van der Waals surface area contributed by atoms with E-state index in [0.717, 1.165) is 71.2 Å². The number of hydrogen-bond acceptors (Lipinski definition) is 3. The first-order valence-corrected chi connectivity index (χ1v) is 9.66. The van der Waals surface area contributed by atoms with Crippen molar-refractivity contribution in [1.82, 2.24) is 10.6 Å². The second-order valence-electron chi connectivity index (χ2n) is 6.77. The molecule has 0 aromatic heterocycles. The van der Waals surface area contributed by atoms with Crippen molar-refractivity contribution >= 4 is 29.9 Å². The lowest BCUT2D eigenvalue weighted by Crippen LogP contribution is -2.38. The topological polar surface area (TPSA) is 54.9 Å². The summed E-state index contributed by atoms with van der Waals surface area (Å²) < 4.78 is 11.2. The summed E-state index contributed by atoms with van der Waals surface area (Å²) in [6.45, 7) is 5.35. The number of allylic oxidation sites excluding steroid dienone is 1. The summed E-state index contributed by atoms with van der Waals surface area (Å²) in [5.41, 5.74) is 1.60. The van der Waals surface area contributed by atoms with Gasteiger partial charge in [-0.25, -0.2) is 0 Å². The summed E-state index contributed by atoms with van der Waals surface area (Å²) in [6.07, 6.45) is 12.1. The van der Waals surface area contributed by atoms with Crippen molar-refractivity contribution in [2.75, 3.05) is 46.6 Å². The van der Waals surface area contributed by atoms with Gasteiger partial charge in [-0.3, -0.25) is 4.99 Å². The molecule has 1 fully saturated rings. The van der Waals surface area contributed by atoms with Gasteiger partial charge in [-0.15, -0.1) is 24.0 Å². The van der Waals surface area contributed by atoms with E-state index in [9.17, 15) is 0 Å². The van der Waals surface area contributed by atoms with Crippen molar-refractivity contribution in [2.24, 2.45) is 10.9 Å². The Balaban J connectivity index is 0.00000312. The van der Waals surface area contributed by atoms with Gasteiger partial charge in [-0.2, -0.15) is 0 Å². The second kappa shape index (κ2) is 14.8. The molecule has 6 heteroatoms. The Morgan fingerprint density at radius 3 is 2.76 bits per heavy atom. The van der Waals surface area contributed by atoms with Crippen LogP contribution in [0.2, 0.25) is 0 Å². The summed E-state index contributed by atoms with van der Waals surface area (Å²) in [6, 6.07) is 0. The molecule has 25 heavy (non-hydrogen) atoms. The predicted octanol–water partition coefficient (Wildman–Crippen LogP) is 3.49. The van der Waals surface area contributed by atoms with Crippen molar-refractivity contribution < 1.29 is 9.47 Å². The molecular formula is C19H36IN3O2. The summed E-state index contributed by atoms with van der Waals surface area (Å²) in [7, 11) is 1.83. The van der Waals surface area contributed by atoms with Crippen LogP contribution in [-0.4, -0.2) is 52.5 Å². The van der Waals surface area contributed by atoms with Crippen LogP contribution in [0.1, 0.15) is 51.4 Å². The number of aliphatic imine (C=N–C) groups is 1. The predicted molar refractivity (Wildman–Crippen MR) is 115 cm³/mol. The number of hydrogen-bond donors (Lipinski definition) is 2. The number of ether oxygens (including phenoxy) is 2. The van der Waals surface area contributed by atoms with E-state index in [-0.39, 0.29) is 24.0 Å². The summed E-state index contributed by atoms with van der Waals surface area (Å²) in [5.74, 6) is 1.59. The molecule has 0 spiro atoms. The molecule has 0 radical (unpaired) electrons. The van der Waals surface area contributed by atoms with Gasteiger partial charge in [0, 0.05) is 46.6 Å². The Morgan fingerprint density at radius 1 is 1.24 bits per heavy atom. The van der Waals surface area contributed by atoms with E-state index in [1.54, 1.807) is 5.57 Å². The highest BCUT2D eigenvalue weighted by Crippen LogP contribution is 2.19. The van der Waals surface area contributed by atoms with E-state index in [1.807, 2.05) is 7.05 Å². The SMILES string of the molecule is CN=C(NCCCOCC1CCOCC1)NCCC1=CCCCC1.I. The van der Waals surface area contributed by atoms with Crippen molar-refractivity contribution in [3.63, 3.8) is 0 Å². The van der Waals surface area contributed by atoms with Crippen LogP contribution in [0.25, 0.3) is 0 Å². The summed E-state index contributed by atoms with van der Waals surface area (Å²) >= 11 is 0. The lowest BCUT2D eigenvalue weighted by Gasteiger charge is -2.21. The highest BCUT2D eigenvalue weighted by molar-refractivity contribution is 14.0. The molecular weight excluding hydrogens is 429 g/mol. The van der Waals surface area contributed by atoms with Crippen LogP contribution in [0, 0.1) is 5.92 Å². The molecule has 2 N–H and O–H groups in total. The molecule has 2 aliphatic rings. The molecule has 0 saturated carbocycles. The van der Waals surface area contributed by atoms with Crippen LogP contribution < -0.4 is 10.6 Å². The Morgan fingerprint density at radius 2 is 2.04 bits per heavy atom. The molecule has 1 heterocycles. The van der Waals surface area contributed by atoms with E-state index < -0.39 is 0 Å². The molecule has 0 aromatic carbocycles. The molecule has 1 saturated heterocycles. The zero-order chi connectivity index (χ0) is 16.9. The van der Waals surface area contributed by atoms with Crippen LogP contribution in [0.3, 0.4) is 0 Å². The van der Waals surface area contributed by atoms with Crippen molar-refractivity contribution in [3.8, 4) is 0 Å². The van der Waals surface area contributed by atoms with Gasteiger partial charge in [-0.05, 0) is 57.3 Å². The molecule has 146 valence electrons. The Hall–Kier alpha value is -0.340. The molecule has 0 bridgehead atoms. The van der Waals surface area contributed by atoms with E-state index in [0.29, 0.717) is 5.92 Å². The van der Waals surface area contributed by atoms with Gasteiger partial charge in [0.1, 0.15) is 0 Å². The number of halogens is 1.